The van der Waals surface area contributed by atoms with Crippen molar-refractivity contribution >= 4 is 44.4 Å². The molecule has 0 aliphatic heterocycles. The van der Waals surface area contributed by atoms with Crippen LogP contribution >= 0.6 is 15.9 Å². The van der Waals surface area contributed by atoms with E-state index < -0.39 is 12.1 Å². The van der Waals surface area contributed by atoms with Crippen molar-refractivity contribution in [3.05, 3.63) is 64.8 Å². The number of nitrogens with one attached hydrogen (secondary N) is 2. The van der Waals surface area contributed by atoms with Crippen molar-refractivity contribution in [2.75, 3.05) is 5.32 Å². The van der Waals surface area contributed by atoms with E-state index in [0.717, 1.165) is 15.4 Å². The van der Waals surface area contributed by atoms with Gasteiger partial charge in [0.25, 0.3) is 5.91 Å². The number of carbonyl (C=O) groups excluding carboxylic acids is 2. The number of esters is 1. The Kier molecular flexibility index (Phi) is 4.66. The van der Waals surface area contributed by atoms with E-state index in [0.29, 0.717) is 11.3 Å². The fourth-order valence-electron chi connectivity index (χ4n) is 2.33. The average molecular weight is 387 g/mol. The van der Waals surface area contributed by atoms with Crippen LogP contribution in [0.15, 0.2) is 59.2 Å². The van der Waals surface area contributed by atoms with Crippen LogP contribution in [0.2, 0.25) is 0 Å². The normalized spacial score (nSPS) is 11.9. The molecule has 3 aromatic rings. The van der Waals surface area contributed by atoms with Gasteiger partial charge in [0.1, 0.15) is 0 Å². The molecule has 2 N–H and O–H groups in total. The monoisotopic (exact) mass is 386 g/mol. The number of halogens is 1. The highest BCUT2D eigenvalue weighted by molar-refractivity contribution is 9.10. The molecule has 0 saturated heterocycles. The molecule has 5 nitrogen and oxygen atoms in total. The maximum Gasteiger partial charge on any atom is 0.341 e. The predicted octanol–water partition coefficient (Wildman–Crippen LogP) is 4.11. The summed E-state index contributed by atoms with van der Waals surface area (Å²) in [5.74, 6) is -0.925. The molecule has 0 fully saturated rings. The Hall–Kier alpha value is -2.60. The average Bonchev–Trinajstić information content (AvgIpc) is 2.99. The third-order valence-corrected chi connectivity index (χ3v) is 4.05. The van der Waals surface area contributed by atoms with Gasteiger partial charge in [-0.2, -0.15) is 0 Å². The zero-order valence-electron chi connectivity index (χ0n) is 12.9. The maximum absolute atomic E-state index is 12.3. The number of ether oxygens (including phenoxy) is 1. The first-order chi connectivity index (χ1) is 11.5. The SMILES string of the molecule is C[C@H](OC(=O)c1c[nH]c2ccccc12)C(=O)Nc1cccc(Br)c1. The van der Waals surface area contributed by atoms with Gasteiger partial charge in [-0.25, -0.2) is 4.79 Å². The lowest BCUT2D eigenvalue weighted by Crippen LogP contribution is -2.29. The summed E-state index contributed by atoms with van der Waals surface area (Å²) in [6.45, 7) is 1.54. The summed E-state index contributed by atoms with van der Waals surface area (Å²) in [6, 6.07) is 14.6. The van der Waals surface area contributed by atoms with Crippen LogP contribution in [0.4, 0.5) is 5.69 Å². The fourth-order valence-corrected chi connectivity index (χ4v) is 2.73. The molecular formula is C18H15BrN2O3. The van der Waals surface area contributed by atoms with E-state index >= 15 is 0 Å². The number of rotatable bonds is 4. The second kappa shape index (κ2) is 6.88. The van der Waals surface area contributed by atoms with Crippen molar-refractivity contribution < 1.29 is 14.3 Å². The van der Waals surface area contributed by atoms with Gasteiger partial charge in [0.15, 0.2) is 6.10 Å². The number of H-pyrrole nitrogens is 1. The minimum Gasteiger partial charge on any atom is -0.449 e. The van der Waals surface area contributed by atoms with Crippen molar-refractivity contribution in [3.63, 3.8) is 0 Å². The number of aromatic nitrogens is 1. The Balaban J connectivity index is 1.68. The molecule has 1 amide bonds. The lowest BCUT2D eigenvalue weighted by Gasteiger charge is -2.13. The Bertz CT molecular complexity index is 904. The molecule has 0 bridgehead atoms. The molecule has 0 aliphatic rings. The number of carbonyl (C=O) groups is 2. The van der Waals surface area contributed by atoms with Gasteiger partial charge >= 0.3 is 5.97 Å². The van der Waals surface area contributed by atoms with Crippen molar-refractivity contribution in [1.29, 1.82) is 0 Å². The van der Waals surface area contributed by atoms with Crippen LogP contribution in [0.1, 0.15) is 17.3 Å². The van der Waals surface area contributed by atoms with Crippen LogP contribution < -0.4 is 5.32 Å². The van der Waals surface area contributed by atoms with E-state index in [4.69, 9.17) is 4.74 Å². The number of benzene rings is 2. The molecule has 1 heterocycles. The van der Waals surface area contributed by atoms with Crippen LogP contribution in [0.3, 0.4) is 0 Å². The first kappa shape index (κ1) is 16.3. The van der Waals surface area contributed by atoms with Crippen LogP contribution in [-0.4, -0.2) is 23.0 Å². The van der Waals surface area contributed by atoms with Gasteiger partial charge in [-0.3, -0.25) is 4.79 Å². The molecule has 0 spiro atoms. The molecule has 1 aromatic heterocycles. The summed E-state index contributed by atoms with van der Waals surface area (Å²) in [7, 11) is 0. The minimum atomic E-state index is -0.912. The standard InChI is InChI=1S/C18H15BrN2O3/c1-11(17(22)21-13-6-4-5-12(19)9-13)24-18(23)15-10-20-16-8-3-2-7-14(15)16/h2-11,20H,1H3,(H,21,22)/t11-/m0/s1. The van der Waals surface area contributed by atoms with Gasteiger partial charge in [0, 0.05) is 27.3 Å². The number of hydrogen-bond acceptors (Lipinski definition) is 3. The smallest absolute Gasteiger partial charge is 0.341 e. The summed E-state index contributed by atoms with van der Waals surface area (Å²) in [5, 5.41) is 3.48. The Morgan fingerprint density at radius 3 is 2.75 bits per heavy atom. The lowest BCUT2D eigenvalue weighted by molar-refractivity contribution is -0.123. The maximum atomic E-state index is 12.3. The number of fused-ring (bicyclic) bond motifs is 1. The molecule has 0 saturated carbocycles. The van der Waals surface area contributed by atoms with E-state index in [2.05, 4.69) is 26.2 Å². The van der Waals surface area contributed by atoms with Crippen LogP contribution in [0, 0.1) is 0 Å². The van der Waals surface area contributed by atoms with E-state index in [1.165, 1.54) is 0 Å². The summed E-state index contributed by atoms with van der Waals surface area (Å²) < 4.78 is 6.14. The quantitative estimate of drug-likeness (QED) is 0.662. The summed E-state index contributed by atoms with van der Waals surface area (Å²) in [5.41, 5.74) is 1.88. The van der Waals surface area contributed by atoms with Crippen molar-refractivity contribution in [1.82, 2.24) is 4.98 Å². The molecule has 24 heavy (non-hydrogen) atoms. The van der Waals surface area contributed by atoms with Crippen LogP contribution in [-0.2, 0) is 9.53 Å². The van der Waals surface area contributed by atoms with E-state index in [-0.39, 0.29) is 5.91 Å². The Labute approximate surface area is 147 Å². The largest absolute Gasteiger partial charge is 0.449 e. The van der Waals surface area contributed by atoms with Crippen molar-refractivity contribution in [2.24, 2.45) is 0 Å². The number of hydrogen-bond donors (Lipinski definition) is 2. The molecule has 0 radical (unpaired) electrons. The highest BCUT2D eigenvalue weighted by Gasteiger charge is 2.21. The van der Waals surface area contributed by atoms with Gasteiger partial charge in [-0.05, 0) is 31.2 Å². The molecule has 2 aromatic carbocycles. The molecule has 6 heteroatoms. The predicted molar refractivity (Wildman–Crippen MR) is 95.9 cm³/mol. The number of anilines is 1. The third kappa shape index (κ3) is 3.49. The van der Waals surface area contributed by atoms with E-state index in [1.54, 1.807) is 25.3 Å². The second-order valence-corrected chi connectivity index (χ2v) is 6.21. The molecule has 3 rings (SSSR count). The second-order valence-electron chi connectivity index (χ2n) is 5.30. The van der Waals surface area contributed by atoms with E-state index in [1.807, 2.05) is 36.4 Å². The fraction of sp³-hybridized carbons (Fsp3) is 0.111. The zero-order valence-corrected chi connectivity index (χ0v) is 14.5. The molecular weight excluding hydrogens is 372 g/mol. The van der Waals surface area contributed by atoms with Crippen LogP contribution in [0.5, 0.6) is 0 Å². The highest BCUT2D eigenvalue weighted by Crippen LogP contribution is 2.20. The third-order valence-electron chi connectivity index (χ3n) is 3.55. The number of para-hydroxylation sites is 1. The Morgan fingerprint density at radius 2 is 1.96 bits per heavy atom. The van der Waals surface area contributed by atoms with Crippen molar-refractivity contribution in [2.45, 2.75) is 13.0 Å². The van der Waals surface area contributed by atoms with Gasteiger partial charge in [-0.1, -0.05) is 40.2 Å². The first-order valence-electron chi connectivity index (χ1n) is 7.38. The number of aromatic amines is 1. The van der Waals surface area contributed by atoms with Gasteiger partial charge < -0.3 is 15.0 Å². The van der Waals surface area contributed by atoms with Crippen LogP contribution in [0.25, 0.3) is 10.9 Å². The first-order valence-corrected chi connectivity index (χ1v) is 8.17. The summed E-state index contributed by atoms with van der Waals surface area (Å²) >= 11 is 3.34. The van der Waals surface area contributed by atoms with Gasteiger partial charge in [0.05, 0.1) is 5.56 Å². The van der Waals surface area contributed by atoms with Gasteiger partial charge in [-0.15, -0.1) is 0 Å². The number of amides is 1. The topological polar surface area (TPSA) is 71.2 Å². The summed E-state index contributed by atoms with van der Waals surface area (Å²) in [4.78, 5) is 27.5. The van der Waals surface area contributed by atoms with Gasteiger partial charge in [0.2, 0.25) is 0 Å². The highest BCUT2D eigenvalue weighted by atomic mass is 79.9. The van der Waals surface area contributed by atoms with E-state index in [9.17, 15) is 9.59 Å². The van der Waals surface area contributed by atoms with Crippen molar-refractivity contribution in [3.8, 4) is 0 Å². The zero-order chi connectivity index (χ0) is 17.1. The molecule has 0 unspecified atom stereocenters. The lowest BCUT2D eigenvalue weighted by atomic mass is 10.2. The molecule has 0 aliphatic carbocycles. The molecule has 122 valence electrons. The summed E-state index contributed by atoms with van der Waals surface area (Å²) in [6.07, 6.45) is 0.677. The molecule has 1 atom stereocenters. The minimum absolute atomic E-state index is 0.388. The Morgan fingerprint density at radius 1 is 1.17 bits per heavy atom.